The monoisotopic (exact) mass is 242 g/mol. The molecule has 3 atom stereocenters. The zero-order chi connectivity index (χ0) is 12.6. The van der Waals surface area contributed by atoms with Crippen molar-refractivity contribution in [1.29, 1.82) is 0 Å². The van der Waals surface area contributed by atoms with E-state index in [0.717, 1.165) is 0 Å². The number of hydrogen-bond donors (Lipinski definition) is 3. The van der Waals surface area contributed by atoms with Gasteiger partial charge < -0.3 is 14.9 Å². The number of aromatic nitrogens is 2. The molecule has 0 bridgehead atoms. The third-order valence-corrected chi connectivity index (χ3v) is 2.93. The number of nitrogens with zero attached hydrogens (tertiary/aromatic N) is 1. The average molecular weight is 242 g/mol. The molecular formula is C10H14N2O5. The van der Waals surface area contributed by atoms with E-state index in [1.807, 2.05) is 0 Å². The molecule has 1 aromatic heterocycles. The molecular weight excluding hydrogens is 228 g/mol. The van der Waals surface area contributed by atoms with Gasteiger partial charge in [0.05, 0.1) is 25.2 Å². The molecule has 94 valence electrons. The molecule has 0 saturated carbocycles. The highest BCUT2D eigenvalue weighted by Crippen LogP contribution is 2.28. The summed E-state index contributed by atoms with van der Waals surface area (Å²) in [5.41, 5.74) is -0.699. The number of ether oxygens (including phenoxy) is 1. The number of aliphatic hydroxyl groups is 2. The molecule has 0 radical (unpaired) electrons. The summed E-state index contributed by atoms with van der Waals surface area (Å²) in [5.74, 6) is -0.571. The topological polar surface area (TPSA) is 105 Å². The van der Waals surface area contributed by atoms with E-state index in [-0.39, 0.29) is 13.2 Å². The van der Waals surface area contributed by atoms with E-state index in [9.17, 15) is 14.7 Å². The Morgan fingerprint density at radius 1 is 1.59 bits per heavy atom. The average Bonchev–Trinajstić information content (AvgIpc) is 2.64. The van der Waals surface area contributed by atoms with E-state index in [1.165, 1.54) is 10.8 Å². The van der Waals surface area contributed by atoms with Crippen molar-refractivity contribution >= 4 is 0 Å². The molecule has 0 spiro atoms. The van der Waals surface area contributed by atoms with Crippen molar-refractivity contribution in [3.05, 3.63) is 32.6 Å². The molecule has 1 aliphatic heterocycles. The lowest BCUT2D eigenvalue weighted by atomic mass is 10.1. The Hall–Kier alpha value is -1.44. The van der Waals surface area contributed by atoms with Crippen LogP contribution >= 0.6 is 0 Å². The van der Waals surface area contributed by atoms with E-state index in [4.69, 9.17) is 9.84 Å². The molecule has 1 fully saturated rings. The minimum absolute atomic E-state index is 0.0561. The summed E-state index contributed by atoms with van der Waals surface area (Å²) in [5, 5.41) is 18.7. The van der Waals surface area contributed by atoms with Gasteiger partial charge in [-0.15, -0.1) is 0 Å². The summed E-state index contributed by atoms with van der Waals surface area (Å²) in [6.45, 7) is 1.32. The first-order valence-corrected chi connectivity index (χ1v) is 5.27. The maximum absolute atomic E-state index is 11.6. The second-order valence-corrected chi connectivity index (χ2v) is 4.12. The van der Waals surface area contributed by atoms with Crippen molar-refractivity contribution in [3.8, 4) is 0 Å². The standard InChI is InChI=1S/C10H14N2O5/c1-5-2-12(10(16)11-8(5)15)9-6(3-13)7(14)4-17-9/h2,6-7,9,13-14H,3-4H2,1H3,(H,11,15,16)/t6-,7+,9+/m0/s1. The Morgan fingerprint density at radius 2 is 2.29 bits per heavy atom. The van der Waals surface area contributed by atoms with Gasteiger partial charge in [0.15, 0.2) is 0 Å². The number of aromatic amines is 1. The predicted octanol–water partition coefficient (Wildman–Crippen LogP) is -1.66. The number of nitrogens with one attached hydrogen (secondary N) is 1. The Balaban J connectivity index is 2.44. The Labute approximate surface area is 96.3 Å². The van der Waals surface area contributed by atoms with Crippen molar-refractivity contribution in [2.24, 2.45) is 5.92 Å². The molecule has 7 heteroatoms. The maximum atomic E-state index is 11.6. The summed E-state index contributed by atoms with van der Waals surface area (Å²) in [4.78, 5) is 25.0. The summed E-state index contributed by atoms with van der Waals surface area (Å²) in [7, 11) is 0. The van der Waals surface area contributed by atoms with Crippen LogP contribution in [-0.4, -0.2) is 39.1 Å². The quantitative estimate of drug-likeness (QED) is 0.576. The number of rotatable bonds is 2. The van der Waals surface area contributed by atoms with Gasteiger partial charge in [-0.2, -0.15) is 0 Å². The highest BCUT2D eigenvalue weighted by molar-refractivity contribution is 5.02. The van der Waals surface area contributed by atoms with Crippen LogP contribution in [0.2, 0.25) is 0 Å². The number of aryl methyl sites for hydroxylation is 1. The fraction of sp³-hybridized carbons (Fsp3) is 0.600. The third kappa shape index (κ3) is 2.04. The van der Waals surface area contributed by atoms with Gasteiger partial charge in [-0.25, -0.2) is 4.79 Å². The molecule has 7 nitrogen and oxygen atoms in total. The van der Waals surface area contributed by atoms with Crippen molar-refractivity contribution in [1.82, 2.24) is 9.55 Å². The summed E-state index contributed by atoms with van der Waals surface area (Å²) >= 11 is 0. The maximum Gasteiger partial charge on any atom is 0.330 e. The molecule has 0 aromatic carbocycles. The third-order valence-electron chi connectivity index (χ3n) is 2.93. The van der Waals surface area contributed by atoms with Gasteiger partial charge >= 0.3 is 5.69 Å². The number of hydrogen-bond acceptors (Lipinski definition) is 5. The van der Waals surface area contributed by atoms with Crippen LogP contribution in [0.4, 0.5) is 0 Å². The van der Waals surface area contributed by atoms with E-state index in [0.29, 0.717) is 5.56 Å². The Bertz CT molecular complexity index is 520. The van der Waals surface area contributed by atoms with Gasteiger partial charge in [0, 0.05) is 11.8 Å². The summed E-state index contributed by atoms with van der Waals surface area (Å²) in [6, 6.07) is 0. The van der Waals surface area contributed by atoms with E-state index in [2.05, 4.69) is 4.98 Å². The fourth-order valence-corrected chi connectivity index (χ4v) is 1.91. The van der Waals surface area contributed by atoms with Crippen LogP contribution in [0.5, 0.6) is 0 Å². The van der Waals surface area contributed by atoms with Crippen LogP contribution in [0.1, 0.15) is 11.8 Å². The smallest absolute Gasteiger partial charge is 0.330 e. The lowest BCUT2D eigenvalue weighted by Crippen LogP contribution is -2.37. The second-order valence-electron chi connectivity index (χ2n) is 4.12. The van der Waals surface area contributed by atoms with E-state index in [1.54, 1.807) is 6.92 Å². The first-order valence-electron chi connectivity index (χ1n) is 5.27. The molecule has 0 unspecified atom stereocenters. The van der Waals surface area contributed by atoms with Gasteiger partial charge in [0.1, 0.15) is 6.23 Å². The first-order chi connectivity index (χ1) is 8.04. The van der Waals surface area contributed by atoms with Gasteiger partial charge in [0.25, 0.3) is 5.56 Å². The van der Waals surface area contributed by atoms with Gasteiger partial charge in [0.2, 0.25) is 0 Å². The van der Waals surface area contributed by atoms with E-state index < -0.39 is 29.5 Å². The molecule has 1 saturated heterocycles. The molecule has 3 N–H and O–H groups in total. The lowest BCUT2D eigenvalue weighted by Gasteiger charge is -2.20. The Morgan fingerprint density at radius 3 is 2.94 bits per heavy atom. The van der Waals surface area contributed by atoms with Gasteiger partial charge in [-0.3, -0.25) is 14.3 Å². The Kier molecular flexibility index (Phi) is 3.14. The van der Waals surface area contributed by atoms with Crippen molar-refractivity contribution in [2.45, 2.75) is 19.3 Å². The van der Waals surface area contributed by atoms with Crippen LogP contribution in [0, 0.1) is 12.8 Å². The van der Waals surface area contributed by atoms with Crippen molar-refractivity contribution < 1.29 is 14.9 Å². The minimum atomic E-state index is -0.816. The fourth-order valence-electron chi connectivity index (χ4n) is 1.91. The van der Waals surface area contributed by atoms with Crippen LogP contribution in [0.3, 0.4) is 0 Å². The molecule has 17 heavy (non-hydrogen) atoms. The second kappa shape index (κ2) is 4.44. The summed E-state index contributed by atoms with van der Waals surface area (Å²) < 4.78 is 6.45. The highest BCUT2D eigenvalue weighted by atomic mass is 16.5. The van der Waals surface area contributed by atoms with E-state index >= 15 is 0 Å². The van der Waals surface area contributed by atoms with Gasteiger partial charge in [-0.05, 0) is 6.92 Å². The number of H-pyrrole nitrogens is 1. The molecule has 0 aliphatic carbocycles. The molecule has 1 aromatic rings. The largest absolute Gasteiger partial charge is 0.396 e. The highest BCUT2D eigenvalue weighted by Gasteiger charge is 2.37. The van der Waals surface area contributed by atoms with Crippen LogP contribution < -0.4 is 11.2 Å². The lowest BCUT2D eigenvalue weighted by molar-refractivity contribution is 0.0128. The van der Waals surface area contributed by atoms with Crippen LogP contribution in [0.25, 0.3) is 0 Å². The normalized spacial score (nSPS) is 28.5. The number of aliphatic hydroxyl groups excluding tert-OH is 2. The van der Waals surface area contributed by atoms with Crippen molar-refractivity contribution in [2.75, 3.05) is 13.2 Å². The predicted molar refractivity (Wildman–Crippen MR) is 57.6 cm³/mol. The van der Waals surface area contributed by atoms with Crippen LogP contribution in [0.15, 0.2) is 15.8 Å². The molecule has 0 amide bonds. The zero-order valence-corrected chi connectivity index (χ0v) is 9.29. The first kappa shape index (κ1) is 12.0. The van der Waals surface area contributed by atoms with Crippen LogP contribution in [-0.2, 0) is 4.74 Å². The zero-order valence-electron chi connectivity index (χ0n) is 9.29. The molecule has 1 aliphatic rings. The molecule has 2 heterocycles. The summed E-state index contributed by atoms with van der Waals surface area (Å²) in [6.07, 6.45) is -0.200. The minimum Gasteiger partial charge on any atom is -0.396 e. The SMILES string of the molecule is Cc1cn([C@@H]2OC[C@@H](O)[C@@H]2CO)c(=O)[nH]c1=O. The van der Waals surface area contributed by atoms with Gasteiger partial charge in [-0.1, -0.05) is 0 Å². The van der Waals surface area contributed by atoms with Crippen molar-refractivity contribution in [3.63, 3.8) is 0 Å². The molecule has 2 rings (SSSR count).